The number of hydrogen-bond donors (Lipinski definition) is 2. The molecule has 0 saturated heterocycles. The minimum Gasteiger partial charge on any atom is -0.395 e. The molecule has 114 valence electrons. The van der Waals surface area contributed by atoms with Crippen molar-refractivity contribution in [1.82, 2.24) is 5.32 Å². The van der Waals surface area contributed by atoms with Gasteiger partial charge in [-0.15, -0.1) is 0 Å². The SMILES string of the molecule is CCCN(CCO)c1c(F)cccc1CNCCOC. The van der Waals surface area contributed by atoms with Gasteiger partial charge in [-0.2, -0.15) is 0 Å². The van der Waals surface area contributed by atoms with Crippen LogP contribution in [0.2, 0.25) is 0 Å². The van der Waals surface area contributed by atoms with Crippen molar-refractivity contribution in [2.24, 2.45) is 0 Å². The average Bonchev–Trinajstić information content (AvgIpc) is 2.44. The molecule has 0 amide bonds. The van der Waals surface area contributed by atoms with Crippen LogP contribution in [0.3, 0.4) is 0 Å². The number of aliphatic hydroxyl groups is 1. The van der Waals surface area contributed by atoms with Crippen LogP contribution < -0.4 is 10.2 Å². The molecule has 0 aliphatic heterocycles. The molecular formula is C15H25FN2O2. The number of ether oxygens (including phenoxy) is 1. The highest BCUT2D eigenvalue weighted by atomic mass is 19.1. The molecule has 2 N–H and O–H groups in total. The van der Waals surface area contributed by atoms with Crippen molar-refractivity contribution < 1.29 is 14.2 Å². The van der Waals surface area contributed by atoms with Gasteiger partial charge in [0.05, 0.1) is 18.9 Å². The molecule has 0 saturated carbocycles. The average molecular weight is 284 g/mol. The lowest BCUT2D eigenvalue weighted by atomic mass is 10.1. The second-order valence-corrected chi connectivity index (χ2v) is 4.63. The van der Waals surface area contributed by atoms with Crippen LogP contribution in [0.25, 0.3) is 0 Å². The molecule has 0 heterocycles. The topological polar surface area (TPSA) is 44.7 Å². The molecule has 0 radical (unpaired) electrons. The standard InChI is InChI=1S/C15H25FN2O2/c1-3-8-18(9-10-19)15-13(5-4-6-14(15)16)12-17-7-11-20-2/h4-6,17,19H,3,7-12H2,1-2H3. The van der Waals surface area contributed by atoms with Crippen molar-refractivity contribution in [2.45, 2.75) is 19.9 Å². The van der Waals surface area contributed by atoms with Crippen molar-refractivity contribution in [1.29, 1.82) is 0 Å². The van der Waals surface area contributed by atoms with Gasteiger partial charge >= 0.3 is 0 Å². The Balaban J connectivity index is 2.84. The number of hydrogen-bond acceptors (Lipinski definition) is 4. The first-order valence-corrected chi connectivity index (χ1v) is 7.07. The van der Waals surface area contributed by atoms with Gasteiger partial charge in [-0.05, 0) is 18.1 Å². The normalized spacial score (nSPS) is 10.8. The Labute approximate surface area is 120 Å². The van der Waals surface area contributed by atoms with Crippen LogP contribution in [0.1, 0.15) is 18.9 Å². The maximum Gasteiger partial charge on any atom is 0.146 e. The Hall–Kier alpha value is -1.17. The van der Waals surface area contributed by atoms with E-state index in [1.807, 2.05) is 17.9 Å². The van der Waals surface area contributed by atoms with Crippen molar-refractivity contribution in [3.05, 3.63) is 29.6 Å². The van der Waals surface area contributed by atoms with Gasteiger partial charge in [-0.3, -0.25) is 0 Å². The number of aliphatic hydroxyl groups excluding tert-OH is 1. The van der Waals surface area contributed by atoms with E-state index in [0.29, 0.717) is 25.4 Å². The summed E-state index contributed by atoms with van der Waals surface area (Å²) in [6.45, 7) is 5.17. The van der Waals surface area contributed by atoms with Gasteiger partial charge < -0.3 is 20.1 Å². The smallest absolute Gasteiger partial charge is 0.146 e. The molecule has 20 heavy (non-hydrogen) atoms. The summed E-state index contributed by atoms with van der Waals surface area (Å²) in [6.07, 6.45) is 0.908. The number of anilines is 1. The Morgan fingerprint density at radius 3 is 2.80 bits per heavy atom. The van der Waals surface area contributed by atoms with Gasteiger partial charge in [0, 0.05) is 33.3 Å². The second-order valence-electron chi connectivity index (χ2n) is 4.63. The second kappa shape index (κ2) is 9.69. The zero-order valence-corrected chi connectivity index (χ0v) is 12.4. The fourth-order valence-electron chi connectivity index (χ4n) is 2.18. The summed E-state index contributed by atoms with van der Waals surface area (Å²) in [5, 5.41) is 12.4. The third-order valence-electron chi connectivity index (χ3n) is 3.05. The predicted octanol–water partition coefficient (Wildman–Crippen LogP) is 1.77. The van der Waals surface area contributed by atoms with Gasteiger partial charge in [-0.1, -0.05) is 19.1 Å². The van der Waals surface area contributed by atoms with Gasteiger partial charge in [-0.25, -0.2) is 4.39 Å². The number of methoxy groups -OCH3 is 1. The van der Waals surface area contributed by atoms with E-state index in [4.69, 9.17) is 9.84 Å². The van der Waals surface area contributed by atoms with Crippen molar-refractivity contribution in [3.8, 4) is 0 Å². The van der Waals surface area contributed by atoms with E-state index in [0.717, 1.165) is 25.1 Å². The molecule has 5 heteroatoms. The number of para-hydroxylation sites is 1. The predicted molar refractivity (Wildman–Crippen MR) is 79.6 cm³/mol. The lowest BCUT2D eigenvalue weighted by Gasteiger charge is -2.26. The molecule has 1 aromatic rings. The van der Waals surface area contributed by atoms with Gasteiger partial charge in [0.25, 0.3) is 0 Å². The molecule has 0 bridgehead atoms. The van der Waals surface area contributed by atoms with E-state index in [9.17, 15) is 4.39 Å². The zero-order valence-electron chi connectivity index (χ0n) is 12.4. The van der Waals surface area contributed by atoms with E-state index in [1.54, 1.807) is 13.2 Å². The number of nitrogens with zero attached hydrogens (tertiary/aromatic N) is 1. The van der Waals surface area contributed by atoms with Crippen LogP contribution in [0.5, 0.6) is 0 Å². The summed E-state index contributed by atoms with van der Waals surface area (Å²) in [7, 11) is 1.65. The molecule has 0 aliphatic carbocycles. The molecule has 0 aliphatic rings. The van der Waals surface area contributed by atoms with Crippen LogP contribution in [0.4, 0.5) is 10.1 Å². The van der Waals surface area contributed by atoms with E-state index in [2.05, 4.69) is 5.32 Å². The summed E-state index contributed by atoms with van der Waals surface area (Å²) in [5.74, 6) is -0.238. The summed E-state index contributed by atoms with van der Waals surface area (Å²) < 4.78 is 19.1. The highest BCUT2D eigenvalue weighted by Crippen LogP contribution is 2.24. The van der Waals surface area contributed by atoms with Crippen molar-refractivity contribution in [2.75, 3.05) is 44.9 Å². The lowest BCUT2D eigenvalue weighted by Crippen LogP contribution is -2.30. The van der Waals surface area contributed by atoms with Crippen molar-refractivity contribution in [3.63, 3.8) is 0 Å². The molecule has 1 rings (SSSR count). The number of halogens is 1. The highest BCUT2D eigenvalue weighted by Gasteiger charge is 2.14. The highest BCUT2D eigenvalue weighted by molar-refractivity contribution is 5.55. The first-order valence-electron chi connectivity index (χ1n) is 7.07. The molecule has 0 spiro atoms. The van der Waals surface area contributed by atoms with Crippen molar-refractivity contribution >= 4 is 5.69 Å². The summed E-state index contributed by atoms with van der Waals surface area (Å²) in [5.41, 5.74) is 1.50. The van der Waals surface area contributed by atoms with Crippen LogP contribution in [-0.4, -0.2) is 45.1 Å². The number of nitrogens with one attached hydrogen (secondary N) is 1. The minimum atomic E-state index is -0.238. The number of benzene rings is 1. The fourth-order valence-corrected chi connectivity index (χ4v) is 2.18. The zero-order chi connectivity index (χ0) is 14.8. The molecule has 1 aromatic carbocycles. The maximum absolute atomic E-state index is 14.1. The monoisotopic (exact) mass is 284 g/mol. The summed E-state index contributed by atoms with van der Waals surface area (Å²) in [6, 6.07) is 5.10. The van der Waals surface area contributed by atoms with E-state index in [1.165, 1.54) is 6.07 Å². The van der Waals surface area contributed by atoms with Crippen LogP contribution in [0, 0.1) is 5.82 Å². The third-order valence-corrected chi connectivity index (χ3v) is 3.05. The van der Waals surface area contributed by atoms with Crippen LogP contribution >= 0.6 is 0 Å². The van der Waals surface area contributed by atoms with E-state index >= 15 is 0 Å². The molecule has 0 aromatic heterocycles. The Bertz CT molecular complexity index is 382. The van der Waals surface area contributed by atoms with Gasteiger partial charge in [0.1, 0.15) is 5.82 Å². The quantitative estimate of drug-likeness (QED) is 0.643. The van der Waals surface area contributed by atoms with Gasteiger partial charge in [0.15, 0.2) is 0 Å². The Morgan fingerprint density at radius 2 is 2.15 bits per heavy atom. The lowest BCUT2D eigenvalue weighted by molar-refractivity contribution is 0.199. The van der Waals surface area contributed by atoms with E-state index in [-0.39, 0.29) is 12.4 Å². The van der Waals surface area contributed by atoms with Crippen LogP contribution in [0.15, 0.2) is 18.2 Å². The molecule has 0 unspecified atom stereocenters. The fraction of sp³-hybridized carbons (Fsp3) is 0.600. The minimum absolute atomic E-state index is 0.0187. The first-order chi connectivity index (χ1) is 9.74. The Kier molecular flexibility index (Phi) is 8.18. The van der Waals surface area contributed by atoms with Gasteiger partial charge in [0.2, 0.25) is 0 Å². The molecular weight excluding hydrogens is 259 g/mol. The molecule has 4 nitrogen and oxygen atoms in total. The van der Waals surface area contributed by atoms with E-state index < -0.39 is 0 Å². The largest absolute Gasteiger partial charge is 0.395 e. The number of rotatable bonds is 10. The molecule has 0 atom stereocenters. The Morgan fingerprint density at radius 1 is 1.35 bits per heavy atom. The first kappa shape index (κ1) is 16.9. The summed E-state index contributed by atoms with van der Waals surface area (Å²) >= 11 is 0. The third kappa shape index (κ3) is 5.07. The maximum atomic E-state index is 14.1. The van der Waals surface area contributed by atoms with Crippen LogP contribution in [-0.2, 0) is 11.3 Å². The molecule has 0 fully saturated rings. The summed E-state index contributed by atoms with van der Waals surface area (Å²) in [4.78, 5) is 1.91.